The SMILES string of the molecule is CC1(C(=O)N2CCC[C@@H](CN)C2)CC1. The molecule has 3 heteroatoms. The minimum absolute atomic E-state index is 0.00348. The number of hydrogen-bond acceptors (Lipinski definition) is 2. The summed E-state index contributed by atoms with van der Waals surface area (Å²) >= 11 is 0. The standard InChI is InChI=1S/C11H20N2O/c1-11(4-5-11)10(14)13-6-2-3-9(7-12)8-13/h9H,2-8,12H2,1H3/t9-/m0/s1. The maximum Gasteiger partial charge on any atom is 0.228 e. The summed E-state index contributed by atoms with van der Waals surface area (Å²) in [6, 6.07) is 0. The average Bonchev–Trinajstić information content (AvgIpc) is 2.97. The topological polar surface area (TPSA) is 46.3 Å². The lowest BCUT2D eigenvalue weighted by molar-refractivity contribution is -0.138. The lowest BCUT2D eigenvalue weighted by atomic mass is 9.96. The molecule has 0 spiro atoms. The molecule has 0 aromatic heterocycles. The van der Waals surface area contributed by atoms with Crippen molar-refractivity contribution in [2.45, 2.75) is 32.6 Å². The van der Waals surface area contributed by atoms with Gasteiger partial charge in [0, 0.05) is 18.5 Å². The van der Waals surface area contributed by atoms with E-state index >= 15 is 0 Å². The van der Waals surface area contributed by atoms with Crippen molar-refractivity contribution >= 4 is 5.91 Å². The number of rotatable bonds is 2. The number of piperidine rings is 1. The summed E-state index contributed by atoms with van der Waals surface area (Å²) in [6.45, 7) is 4.65. The molecule has 80 valence electrons. The largest absolute Gasteiger partial charge is 0.342 e. The molecule has 14 heavy (non-hydrogen) atoms. The number of likely N-dealkylation sites (tertiary alicyclic amines) is 1. The fourth-order valence-electron chi connectivity index (χ4n) is 2.22. The zero-order chi connectivity index (χ0) is 10.2. The summed E-state index contributed by atoms with van der Waals surface area (Å²) < 4.78 is 0. The number of nitrogens with two attached hydrogens (primary N) is 1. The Hall–Kier alpha value is -0.570. The molecule has 1 saturated carbocycles. The molecule has 0 aromatic carbocycles. The van der Waals surface area contributed by atoms with Crippen LogP contribution in [0.3, 0.4) is 0 Å². The molecule has 1 aliphatic carbocycles. The summed E-state index contributed by atoms with van der Waals surface area (Å²) in [4.78, 5) is 14.1. The minimum Gasteiger partial charge on any atom is -0.342 e. The quantitative estimate of drug-likeness (QED) is 0.715. The van der Waals surface area contributed by atoms with Gasteiger partial charge in [0.25, 0.3) is 0 Å². The van der Waals surface area contributed by atoms with Crippen LogP contribution in [0.4, 0.5) is 0 Å². The summed E-state index contributed by atoms with van der Waals surface area (Å²) in [5.74, 6) is 0.908. The molecule has 1 amide bonds. The summed E-state index contributed by atoms with van der Waals surface area (Å²) in [5, 5.41) is 0. The second-order valence-corrected chi connectivity index (χ2v) is 5.06. The Bertz CT molecular complexity index is 235. The lowest BCUT2D eigenvalue weighted by Crippen LogP contribution is -2.44. The van der Waals surface area contributed by atoms with Gasteiger partial charge in [0.05, 0.1) is 0 Å². The van der Waals surface area contributed by atoms with E-state index < -0.39 is 0 Å². The number of hydrogen-bond donors (Lipinski definition) is 1. The van der Waals surface area contributed by atoms with Crippen molar-refractivity contribution in [3.05, 3.63) is 0 Å². The van der Waals surface area contributed by atoms with E-state index in [0.29, 0.717) is 11.8 Å². The van der Waals surface area contributed by atoms with Crippen molar-refractivity contribution in [3.8, 4) is 0 Å². The van der Waals surface area contributed by atoms with Crippen LogP contribution in [0.5, 0.6) is 0 Å². The van der Waals surface area contributed by atoms with Crippen molar-refractivity contribution in [3.63, 3.8) is 0 Å². The van der Waals surface area contributed by atoms with Gasteiger partial charge in [-0.25, -0.2) is 0 Å². The highest BCUT2D eigenvalue weighted by molar-refractivity contribution is 5.85. The van der Waals surface area contributed by atoms with E-state index in [4.69, 9.17) is 5.73 Å². The zero-order valence-electron chi connectivity index (χ0n) is 8.96. The normalized spacial score (nSPS) is 30.1. The maximum absolute atomic E-state index is 12.0. The van der Waals surface area contributed by atoms with Crippen LogP contribution in [-0.2, 0) is 4.79 Å². The smallest absolute Gasteiger partial charge is 0.228 e. The first kappa shape index (κ1) is 9.97. The van der Waals surface area contributed by atoms with Crippen LogP contribution >= 0.6 is 0 Å². The van der Waals surface area contributed by atoms with Crippen molar-refractivity contribution in [1.29, 1.82) is 0 Å². The van der Waals surface area contributed by atoms with Crippen LogP contribution < -0.4 is 5.73 Å². The summed E-state index contributed by atoms with van der Waals surface area (Å²) in [5.41, 5.74) is 5.65. The Balaban J connectivity index is 1.93. The predicted molar refractivity (Wildman–Crippen MR) is 55.7 cm³/mol. The van der Waals surface area contributed by atoms with E-state index in [2.05, 4.69) is 6.92 Å². The molecule has 2 N–H and O–H groups in total. The minimum atomic E-state index is -0.00348. The van der Waals surface area contributed by atoms with Crippen LogP contribution in [-0.4, -0.2) is 30.4 Å². The van der Waals surface area contributed by atoms with E-state index in [0.717, 1.165) is 38.9 Å². The van der Waals surface area contributed by atoms with E-state index in [1.807, 2.05) is 4.90 Å². The summed E-state index contributed by atoms with van der Waals surface area (Å²) in [6.07, 6.45) is 4.48. The molecule has 1 aliphatic heterocycles. The van der Waals surface area contributed by atoms with Gasteiger partial charge in [-0.05, 0) is 38.1 Å². The first-order valence-electron chi connectivity index (χ1n) is 5.65. The average molecular weight is 196 g/mol. The third kappa shape index (κ3) is 1.78. The van der Waals surface area contributed by atoms with Gasteiger partial charge in [-0.3, -0.25) is 4.79 Å². The monoisotopic (exact) mass is 196 g/mol. The van der Waals surface area contributed by atoms with Crippen molar-refractivity contribution < 1.29 is 4.79 Å². The van der Waals surface area contributed by atoms with E-state index in [9.17, 15) is 4.79 Å². The molecule has 2 rings (SSSR count). The molecule has 3 nitrogen and oxygen atoms in total. The Morgan fingerprint density at radius 1 is 1.57 bits per heavy atom. The van der Waals surface area contributed by atoms with Crippen molar-refractivity contribution in [1.82, 2.24) is 4.90 Å². The van der Waals surface area contributed by atoms with Gasteiger partial charge in [0.15, 0.2) is 0 Å². The molecular formula is C11H20N2O. The highest BCUT2D eigenvalue weighted by atomic mass is 16.2. The van der Waals surface area contributed by atoms with E-state index in [1.54, 1.807) is 0 Å². The van der Waals surface area contributed by atoms with Gasteiger partial charge in [0.2, 0.25) is 5.91 Å². The molecule has 1 heterocycles. The molecule has 0 bridgehead atoms. The van der Waals surface area contributed by atoms with Gasteiger partial charge in [-0.2, -0.15) is 0 Å². The third-order valence-corrected chi connectivity index (χ3v) is 3.66. The Kier molecular flexibility index (Phi) is 2.52. The lowest BCUT2D eigenvalue weighted by Gasteiger charge is -2.34. The fraction of sp³-hybridized carbons (Fsp3) is 0.909. The van der Waals surface area contributed by atoms with E-state index in [-0.39, 0.29) is 5.41 Å². The molecule has 2 aliphatic rings. The molecular weight excluding hydrogens is 176 g/mol. The Morgan fingerprint density at radius 2 is 2.29 bits per heavy atom. The van der Waals surface area contributed by atoms with Crippen LogP contribution in [0.25, 0.3) is 0 Å². The fourth-order valence-corrected chi connectivity index (χ4v) is 2.22. The number of nitrogens with zero attached hydrogens (tertiary/aromatic N) is 1. The number of carbonyl (C=O) groups is 1. The van der Waals surface area contributed by atoms with Gasteiger partial charge in [-0.15, -0.1) is 0 Å². The van der Waals surface area contributed by atoms with Crippen LogP contribution in [0.1, 0.15) is 32.6 Å². The predicted octanol–water partition coefficient (Wildman–Crippen LogP) is 0.984. The molecule has 0 radical (unpaired) electrons. The number of amides is 1. The molecule has 0 unspecified atom stereocenters. The van der Waals surface area contributed by atoms with Crippen molar-refractivity contribution in [2.24, 2.45) is 17.1 Å². The van der Waals surface area contributed by atoms with Crippen LogP contribution in [0.2, 0.25) is 0 Å². The number of carbonyl (C=O) groups excluding carboxylic acids is 1. The first-order chi connectivity index (χ1) is 6.65. The van der Waals surface area contributed by atoms with Gasteiger partial charge >= 0.3 is 0 Å². The first-order valence-corrected chi connectivity index (χ1v) is 5.65. The maximum atomic E-state index is 12.0. The highest BCUT2D eigenvalue weighted by Gasteiger charge is 2.47. The molecule has 1 atom stereocenters. The Labute approximate surface area is 85.6 Å². The highest BCUT2D eigenvalue weighted by Crippen LogP contribution is 2.46. The molecule has 2 fully saturated rings. The van der Waals surface area contributed by atoms with Gasteiger partial charge in [0.1, 0.15) is 0 Å². The van der Waals surface area contributed by atoms with E-state index in [1.165, 1.54) is 6.42 Å². The van der Waals surface area contributed by atoms with Gasteiger partial charge in [-0.1, -0.05) is 6.92 Å². The van der Waals surface area contributed by atoms with Crippen LogP contribution in [0, 0.1) is 11.3 Å². The third-order valence-electron chi connectivity index (χ3n) is 3.66. The zero-order valence-corrected chi connectivity index (χ0v) is 8.96. The molecule has 1 saturated heterocycles. The van der Waals surface area contributed by atoms with Crippen molar-refractivity contribution in [2.75, 3.05) is 19.6 Å². The second-order valence-electron chi connectivity index (χ2n) is 5.06. The Morgan fingerprint density at radius 3 is 2.86 bits per heavy atom. The van der Waals surface area contributed by atoms with Gasteiger partial charge < -0.3 is 10.6 Å². The molecule has 0 aromatic rings. The summed E-state index contributed by atoms with van der Waals surface area (Å²) in [7, 11) is 0. The van der Waals surface area contributed by atoms with Crippen LogP contribution in [0.15, 0.2) is 0 Å². The second kappa shape index (κ2) is 3.54.